The fourth-order valence-corrected chi connectivity index (χ4v) is 3.60. The molecule has 0 heterocycles. The maximum Gasteiger partial charge on any atom is 0.195 e. The average Bonchev–Trinajstić information content (AvgIpc) is 2.50. The van der Waals surface area contributed by atoms with Gasteiger partial charge in [-0.2, -0.15) is 0 Å². The van der Waals surface area contributed by atoms with Crippen LogP contribution in [0.2, 0.25) is 0 Å². The number of hydrogen-bond acceptors (Lipinski definition) is 4. The Morgan fingerprint density at radius 1 is 0.826 bits per heavy atom. The average molecular weight is 306 g/mol. The van der Waals surface area contributed by atoms with Crippen LogP contribution < -0.4 is 0 Å². The van der Waals surface area contributed by atoms with Crippen molar-refractivity contribution in [3.63, 3.8) is 0 Å². The maximum absolute atomic E-state index is 12.9. The van der Waals surface area contributed by atoms with Crippen molar-refractivity contribution in [1.82, 2.24) is 0 Å². The molecule has 2 aromatic carbocycles. The van der Waals surface area contributed by atoms with Crippen LogP contribution in [0.4, 0.5) is 0 Å². The van der Waals surface area contributed by atoms with E-state index in [0.29, 0.717) is 28.7 Å². The van der Waals surface area contributed by atoms with Crippen LogP contribution in [-0.2, 0) is 6.42 Å². The van der Waals surface area contributed by atoms with Crippen molar-refractivity contribution < 1.29 is 19.5 Å². The molecule has 1 N–H and O–H groups in total. The van der Waals surface area contributed by atoms with Gasteiger partial charge in [0.1, 0.15) is 0 Å². The molecule has 0 saturated heterocycles. The Morgan fingerprint density at radius 3 is 2.17 bits per heavy atom. The van der Waals surface area contributed by atoms with E-state index in [2.05, 4.69) is 0 Å². The Balaban J connectivity index is 2.01. The molecule has 0 saturated carbocycles. The molecule has 2 aromatic rings. The summed E-state index contributed by atoms with van der Waals surface area (Å²) in [5, 5.41) is 10.2. The highest BCUT2D eigenvalue weighted by molar-refractivity contribution is 6.31. The second-order valence-electron chi connectivity index (χ2n) is 6.50. The van der Waals surface area contributed by atoms with Gasteiger partial charge in [-0.25, -0.2) is 0 Å². The fourth-order valence-electron chi connectivity index (χ4n) is 3.60. The van der Waals surface area contributed by atoms with Crippen molar-refractivity contribution in [2.24, 2.45) is 0 Å². The minimum atomic E-state index is -1.11. The highest BCUT2D eigenvalue weighted by Crippen LogP contribution is 2.36. The van der Waals surface area contributed by atoms with Crippen LogP contribution in [0.25, 0.3) is 0 Å². The Kier molecular flexibility index (Phi) is 2.72. The van der Waals surface area contributed by atoms with Crippen LogP contribution in [0.3, 0.4) is 0 Å². The van der Waals surface area contributed by atoms with Crippen LogP contribution in [0.1, 0.15) is 61.1 Å². The van der Waals surface area contributed by atoms with E-state index in [1.807, 2.05) is 0 Å². The number of fused-ring (bicyclic) bond motifs is 4. The third-order valence-electron chi connectivity index (χ3n) is 4.57. The van der Waals surface area contributed by atoms with Crippen molar-refractivity contribution in [3.05, 3.63) is 69.8 Å². The SMILES string of the molecule is C[C@]1(O)CC(=O)c2c(ccc3c2C(=O)c2ccccc2C3=O)C1. The van der Waals surface area contributed by atoms with E-state index in [0.717, 1.165) is 0 Å². The summed E-state index contributed by atoms with van der Waals surface area (Å²) < 4.78 is 0. The summed E-state index contributed by atoms with van der Waals surface area (Å²) in [5.74, 6) is -0.807. The first kappa shape index (κ1) is 14.0. The second kappa shape index (κ2) is 4.46. The number of hydrogen-bond donors (Lipinski definition) is 1. The topological polar surface area (TPSA) is 71.4 Å². The van der Waals surface area contributed by atoms with Gasteiger partial charge in [-0.05, 0) is 18.6 Å². The van der Waals surface area contributed by atoms with E-state index in [-0.39, 0.29) is 34.9 Å². The molecule has 4 heteroatoms. The van der Waals surface area contributed by atoms with Crippen LogP contribution >= 0.6 is 0 Å². The molecular weight excluding hydrogens is 292 g/mol. The highest BCUT2D eigenvalue weighted by Gasteiger charge is 2.39. The maximum atomic E-state index is 12.9. The summed E-state index contributed by atoms with van der Waals surface area (Å²) in [6, 6.07) is 9.94. The lowest BCUT2D eigenvalue weighted by Gasteiger charge is -2.31. The molecule has 0 bridgehead atoms. The highest BCUT2D eigenvalue weighted by atomic mass is 16.3. The van der Waals surface area contributed by atoms with Gasteiger partial charge in [0.05, 0.1) is 5.60 Å². The largest absolute Gasteiger partial charge is 0.389 e. The molecule has 23 heavy (non-hydrogen) atoms. The van der Waals surface area contributed by atoms with Crippen molar-refractivity contribution >= 4 is 17.3 Å². The monoisotopic (exact) mass is 306 g/mol. The number of benzene rings is 2. The van der Waals surface area contributed by atoms with Gasteiger partial charge in [0.15, 0.2) is 17.3 Å². The van der Waals surface area contributed by atoms with Crippen LogP contribution in [0.15, 0.2) is 36.4 Å². The van der Waals surface area contributed by atoms with Crippen molar-refractivity contribution in [2.45, 2.75) is 25.4 Å². The quantitative estimate of drug-likeness (QED) is 0.692. The molecule has 0 amide bonds. The Labute approximate surface area is 132 Å². The van der Waals surface area contributed by atoms with E-state index < -0.39 is 5.60 Å². The van der Waals surface area contributed by atoms with Gasteiger partial charge < -0.3 is 5.11 Å². The molecule has 114 valence electrons. The zero-order chi connectivity index (χ0) is 16.4. The minimum absolute atomic E-state index is 0.0421. The zero-order valence-electron chi connectivity index (χ0n) is 12.6. The smallest absolute Gasteiger partial charge is 0.195 e. The molecular formula is C19H14O4. The molecule has 0 aromatic heterocycles. The van der Waals surface area contributed by atoms with E-state index in [1.165, 1.54) is 0 Å². The van der Waals surface area contributed by atoms with Gasteiger partial charge in [-0.15, -0.1) is 0 Å². The van der Waals surface area contributed by atoms with Gasteiger partial charge in [-0.3, -0.25) is 14.4 Å². The van der Waals surface area contributed by atoms with Crippen molar-refractivity contribution in [2.75, 3.05) is 0 Å². The number of carbonyl (C=O) groups excluding carboxylic acids is 3. The third-order valence-corrected chi connectivity index (χ3v) is 4.57. The molecule has 0 unspecified atom stereocenters. The van der Waals surface area contributed by atoms with Crippen molar-refractivity contribution in [3.8, 4) is 0 Å². The minimum Gasteiger partial charge on any atom is -0.389 e. The number of ketones is 3. The Bertz CT molecular complexity index is 906. The predicted octanol–water partition coefficient (Wildman–Crippen LogP) is 2.34. The predicted molar refractivity (Wildman–Crippen MR) is 83.0 cm³/mol. The second-order valence-corrected chi connectivity index (χ2v) is 6.50. The van der Waals surface area contributed by atoms with Crippen LogP contribution in [0.5, 0.6) is 0 Å². The first-order valence-electron chi connectivity index (χ1n) is 7.49. The Morgan fingerprint density at radius 2 is 1.48 bits per heavy atom. The normalized spacial score (nSPS) is 22.4. The molecule has 0 radical (unpaired) electrons. The van der Waals surface area contributed by atoms with Crippen LogP contribution in [-0.4, -0.2) is 28.1 Å². The van der Waals surface area contributed by atoms with Gasteiger partial charge in [0, 0.05) is 40.7 Å². The summed E-state index contributed by atoms with van der Waals surface area (Å²) in [6.45, 7) is 1.61. The first-order chi connectivity index (χ1) is 10.9. The first-order valence-corrected chi connectivity index (χ1v) is 7.49. The lowest BCUT2D eigenvalue weighted by molar-refractivity contribution is 0.0409. The summed E-state index contributed by atoms with van der Waals surface area (Å²) in [5.41, 5.74) is 1.02. The molecule has 4 rings (SSSR count). The molecule has 4 nitrogen and oxygen atoms in total. The van der Waals surface area contributed by atoms with Gasteiger partial charge in [0.2, 0.25) is 0 Å². The molecule has 0 aliphatic heterocycles. The lowest BCUT2D eigenvalue weighted by Crippen LogP contribution is -2.37. The van der Waals surface area contributed by atoms with Crippen LogP contribution in [0, 0.1) is 0 Å². The number of Topliss-reactive ketones (excluding diaryl/α,β-unsaturated/α-hetero) is 1. The number of aliphatic hydroxyl groups is 1. The number of rotatable bonds is 0. The third kappa shape index (κ3) is 1.92. The van der Waals surface area contributed by atoms with E-state index >= 15 is 0 Å². The van der Waals surface area contributed by atoms with E-state index in [9.17, 15) is 19.5 Å². The molecule has 1 atom stereocenters. The zero-order valence-corrected chi connectivity index (χ0v) is 12.6. The summed E-state index contributed by atoms with van der Waals surface area (Å²) in [4.78, 5) is 38.0. The summed E-state index contributed by atoms with van der Waals surface area (Å²) in [7, 11) is 0. The van der Waals surface area contributed by atoms with Gasteiger partial charge >= 0.3 is 0 Å². The molecule has 2 aliphatic rings. The van der Waals surface area contributed by atoms with Gasteiger partial charge in [0.25, 0.3) is 0 Å². The summed E-state index contributed by atoms with van der Waals surface area (Å²) >= 11 is 0. The lowest BCUT2D eigenvalue weighted by atomic mass is 9.73. The fraction of sp³-hybridized carbons (Fsp3) is 0.211. The van der Waals surface area contributed by atoms with Crippen molar-refractivity contribution in [1.29, 1.82) is 0 Å². The number of carbonyl (C=O) groups is 3. The Hall–Kier alpha value is -2.59. The molecule has 2 aliphatic carbocycles. The summed E-state index contributed by atoms with van der Waals surface area (Å²) in [6.07, 6.45) is 0.254. The molecule has 0 fully saturated rings. The van der Waals surface area contributed by atoms with Gasteiger partial charge in [-0.1, -0.05) is 30.3 Å². The van der Waals surface area contributed by atoms with E-state index in [1.54, 1.807) is 43.3 Å². The standard InChI is InChI=1S/C19H14O4/c1-19(23)8-10-6-7-13-16(15(10)14(20)9-19)18(22)12-5-3-2-4-11(12)17(13)21/h2-7,23H,8-9H2,1H3/t19-/m1/s1. The van der Waals surface area contributed by atoms with E-state index in [4.69, 9.17) is 0 Å². The molecule has 0 spiro atoms.